The number of hydrogen-bond donors (Lipinski definition) is 1. The zero-order chi connectivity index (χ0) is 10.1. The topological polar surface area (TPSA) is 52.3 Å². The van der Waals surface area contributed by atoms with Gasteiger partial charge in [0.2, 0.25) is 0 Å². The van der Waals surface area contributed by atoms with Crippen LogP contribution in [-0.4, -0.2) is 25.0 Å². The maximum Gasteiger partial charge on any atom is 0.175 e. The van der Waals surface area contributed by atoms with Crippen LogP contribution in [0.4, 0.5) is 0 Å². The molecular formula is C10H21NO2. The van der Waals surface area contributed by atoms with Crippen LogP contribution in [0.15, 0.2) is 0 Å². The first kappa shape index (κ1) is 12.6. The van der Waals surface area contributed by atoms with Gasteiger partial charge >= 0.3 is 0 Å². The van der Waals surface area contributed by atoms with Gasteiger partial charge in [0, 0.05) is 6.61 Å². The van der Waals surface area contributed by atoms with Crippen molar-refractivity contribution in [1.29, 1.82) is 0 Å². The van der Waals surface area contributed by atoms with E-state index in [9.17, 15) is 4.79 Å². The molecule has 0 saturated carbocycles. The minimum atomic E-state index is -0.322. The number of hydrogen-bond acceptors (Lipinski definition) is 3. The molecule has 0 aliphatic heterocycles. The molecule has 3 heteroatoms. The number of ketones is 1. The molecule has 0 aliphatic carbocycles. The summed E-state index contributed by atoms with van der Waals surface area (Å²) in [4.78, 5) is 11.3. The molecule has 3 nitrogen and oxygen atoms in total. The highest BCUT2D eigenvalue weighted by Gasteiger charge is 2.11. The van der Waals surface area contributed by atoms with Gasteiger partial charge in [-0.2, -0.15) is 0 Å². The Balaban J connectivity index is 3.45. The Bertz CT molecular complexity index is 137. The van der Waals surface area contributed by atoms with Gasteiger partial charge in [-0.25, -0.2) is 0 Å². The Kier molecular flexibility index (Phi) is 7.94. The first-order chi connectivity index (χ1) is 6.22. The summed E-state index contributed by atoms with van der Waals surface area (Å²) in [6, 6.07) is -0.322. The largest absolute Gasteiger partial charge is 0.374 e. The maximum atomic E-state index is 11.3. The summed E-state index contributed by atoms with van der Waals surface area (Å²) in [6.07, 6.45) is 3.82. The maximum absolute atomic E-state index is 11.3. The quantitative estimate of drug-likeness (QED) is 0.586. The SMILES string of the molecule is CCCCC(N)C(=O)COCCC. The number of nitrogens with two attached hydrogens (primary N) is 1. The van der Waals surface area contributed by atoms with E-state index in [1.54, 1.807) is 0 Å². The lowest BCUT2D eigenvalue weighted by atomic mass is 10.1. The first-order valence-electron chi connectivity index (χ1n) is 5.08. The zero-order valence-corrected chi connectivity index (χ0v) is 8.71. The average Bonchev–Trinajstić information content (AvgIpc) is 2.14. The predicted molar refractivity (Wildman–Crippen MR) is 53.6 cm³/mol. The second kappa shape index (κ2) is 8.20. The first-order valence-corrected chi connectivity index (χ1v) is 5.08. The van der Waals surface area contributed by atoms with Crippen LogP contribution in [0.25, 0.3) is 0 Å². The molecule has 0 amide bonds. The molecule has 0 fully saturated rings. The van der Waals surface area contributed by atoms with E-state index >= 15 is 0 Å². The minimum Gasteiger partial charge on any atom is -0.374 e. The number of rotatable bonds is 8. The summed E-state index contributed by atoms with van der Waals surface area (Å²) in [7, 11) is 0. The van der Waals surface area contributed by atoms with Crippen LogP contribution in [-0.2, 0) is 9.53 Å². The van der Waals surface area contributed by atoms with Crippen molar-refractivity contribution < 1.29 is 9.53 Å². The number of carbonyl (C=O) groups is 1. The van der Waals surface area contributed by atoms with Crippen LogP contribution in [0.5, 0.6) is 0 Å². The third-order valence-electron chi connectivity index (χ3n) is 1.88. The van der Waals surface area contributed by atoms with Crippen molar-refractivity contribution in [3.63, 3.8) is 0 Å². The molecule has 2 N–H and O–H groups in total. The average molecular weight is 187 g/mol. The van der Waals surface area contributed by atoms with E-state index in [0.29, 0.717) is 6.61 Å². The van der Waals surface area contributed by atoms with E-state index in [0.717, 1.165) is 25.7 Å². The summed E-state index contributed by atoms with van der Waals surface area (Å²) in [5, 5.41) is 0. The van der Waals surface area contributed by atoms with Crippen LogP contribution < -0.4 is 5.73 Å². The lowest BCUT2D eigenvalue weighted by molar-refractivity contribution is -0.125. The van der Waals surface area contributed by atoms with Crippen molar-refractivity contribution in [3.8, 4) is 0 Å². The molecule has 78 valence electrons. The fourth-order valence-electron chi connectivity index (χ4n) is 1.01. The van der Waals surface area contributed by atoms with Gasteiger partial charge in [-0.15, -0.1) is 0 Å². The molecule has 1 unspecified atom stereocenters. The summed E-state index contributed by atoms with van der Waals surface area (Å²) in [6.45, 7) is 4.93. The molecule has 0 bridgehead atoms. The van der Waals surface area contributed by atoms with Gasteiger partial charge in [-0.05, 0) is 12.8 Å². The minimum absolute atomic E-state index is 0.0295. The fourth-order valence-corrected chi connectivity index (χ4v) is 1.01. The zero-order valence-electron chi connectivity index (χ0n) is 8.71. The number of unbranched alkanes of at least 4 members (excludes halogenated alkanes) is 1. The van der Waals surface area contributed by atoms with E-state index in [1.807, 2.05) is 6.92 Å². The predicted octanol–water partition coefficient (Wildman–Crippen LogP) is 1.50. The summed E-state index contributed by atoms with van der Waals surface area (Å²) < 4.78 is 5.12. The third-order valence-corrected chi connectivity index (χ3v) is 1.88. The lowest BCUT2D eigenvalue weighted by Crippen LogP contribution is -2.33. The van der Waals surface area contributed by atoms with Gasteiger partial charge in [0.05, 0.1) is 6.04 Å². The highest BCUT2D eigenvalue weighted by atomic mass is 16.5. The second-order valence-corrected chi connectivity index (χ2v) is 3.27. The lowest BCUT2D eigenvalue weighted by Gasteiger charge is -2.09. The Morgan fingerprint density at radius 3 is 2.62 bits per heavy atom. The van der Waals surface area contributed by atoms with Gasteiger partial charge in [0.25, 0.3) is 0 Å². The van der Waals surface area contributed by atoms with Gasteiger partial charge < -0.3 is 10.5 Å². The number of Topliss-reactive ketones (excluding diaryl/α,β-unsaturated/α-hetero) is 1. The molecular weight excluding hydrogens is 166 g/mol. The van der Waals surface area contributed by atoms with Crippen LogP contribution in [0.2, 0.25) is 0 Å². The van der Waals surface area contributed by atoms with Gasteiger partial charge in [-0.3, -0.25) is 4.79 Å². The Morgan fingerprint density at radius 1 is 1.38 bits per heavy atom. The van der Waals surface area contributed by atoms with E-state index in [-0.39, 0.29) is 18.4 Å². The molecule has 0 spiro atoms. The highest BCUT2D eigenvalue weighted by Crippen LogP contribution is 1.99. The van der Waals surface area contributed by atoms with Crippen molar-refractivity contribution in [2.24, 2.45) is 5.73 Å². The molecule has 0 aromatic carbocycles. The van der Waals surface area contributed by atoms with Crippen LogP contribution in [0.1, 0.15) is 39.5 Å². The molecule has 0 heterocycles. The Labute approximate surface area is 80.6 Å². The number of carbonyl (C=O) groups excluding carboxylic acids is 1. The smallest absolute Gasteiger partial charge is 0.175 e. The molecule has 0 saturated heterocycles. The molecule has 0 radical (unpaired) electrons. The monoisotopic (exact) mass is 187 g/mol. The van der Waals surface area contributed by atoms with E-state index in [1.165, 1.54) is 0 Å². The summed E-state index contributed by atoms with van der Waals surface area (Å²) in [5.74, 6) is 0.0295. The normalized spacial score (nSPS) is 12.8. The van der Waals surface area contributed by atoms with Gasteiger partial charge in [0.1, 0.15) is 6.61 Å². The molecule has 0 aliphatic rings. The van der Waals surface area contributed by atoms with Crippen molar-refractivity contribution in [3.05, 3.63) is 0 Å². The summed E-state index contributed by atoms with van der Waals surface area (Å²) >= 11 is 0. The van der Waals surface area contributed by atoms with Crippen molar-refractivity contribution in [1.82, 2.24) is 0 Å². The van der Waals surface area contributed by atoms with Crippen LogP contribution in [0, 0.1) is 0 Å². The van der Waals surface area contributed by atoms with Crippen LogP contribution in [0.3, 0.4) is 0 Å². The molecule has 0 aromatic rings. The van der Waals surface area contributed by atoms with Crippen molar-refractivity contribution in [2.75, 3.05) is 13.2 Å². The van der Waals surface area contributed by atoms with Crippen molar-refractivity contribution >= 4 is 5.78 Å². The van der Waals surface area contributed by atoms with Gasteiger partial charge in [-0.1, -0.05) is 26.7 Å². The molecule has 0 aromatic heterocycles. The highest BCUT2D eigenvalue weighted by molar-refractivity contribution is 5.84. The van der Waals surface area contributed by atoms with Gasteiger partial charge in [0.15, 0.2) is 5.78 Å². The van der Waals surface area contributed by atoms with E-state index in [4.69, 9.17) is 10.5 Å². The molecule has 0 rings (SSSR count). The number of ether oxygens (including phenoxy) is 1. The van der Waals surface area contributed by atoms with Crippen molar-refractivity contribution in [2.45, 2.75) is 45.6 Å². The molecule has 13 heavy (non-hydrogen) atoms. The van der Waals surface area contributed by atoms with Crippen LogP contribution >= 0.6 is 0 Å². The summed E-state index contributed by atoms with van der Waals surface area (Å²) in [5.41, 5.74) is 5.66. The van der Waals surface area contributed by atoms with E-state index < -0.39 is 0 Å². The fraction of sp³-hybridized carbons (Fsp3) is 0.900. The Hall–Kier alpha value is -0.410. The second-order valence-electron chi connectivity index (χ2n) is 3.27. The van der Waals surface area contributed by atoms with E-state index in [2.05, 4.69) is 6.92 Å². The standard InChI is InChI=1S/C10H21NO2/c1-3-5-6-9(11)10(12)8-13-7-4-2/h9H,3-8,11H2,1-2H3. The Morgan fingerprint density at radius 2 is 2.08 bits per heavy atom. The third kappa shape index (κ3) is 6.72. The molecule has 1 atom stereocenters.